The quantitative estimate of drug-likeness (QED) is 0.575. The van der Waals surface area contributed by atoms with Gasteiger partial charge in [-0.05, 0) is 18.1 Å². The van der Waals surface area contributed by atoms with E-state index in [4.69, 9.17) is 0 Å². The SMILES string of the molecule is CCC(CC)CNc1cccc(NC)c1[N+](=O)[O-]. The number of nitrogens with one attached hydrogen (secondary N) is 2. The van der Waals surface area contributed by atoms with Gasteiger partial charge in [0.25, 0.3) is 0 Å². The van der Waals surface area contributed by atoms with Crippen LogP contribution in [0.4, 0.5) is 17.1 Å². The molecule has 18 heavy (non-hydrogen) atoms. The van der Waals surface area contributed by atoms with Gasteiger partial charge in [0.05, 0.1) is 4.92 Å². The van der Waals surface area contributed by atoms with Gasteiger partial charge in [-0.3, -0.25) is 10.1 Å². The van der Waals surface area contributed by atoms with E-state index in [0.717, 1.165) is 19.4 Å². The van der Waals surface area contributed by atoms with Gasteiger partial charge in [-0.15, -0.1) is 0 Å². The highest BCUT2D eigenvalue weighted by Gasteiger charge is 2.19. The van der Waals surface area contributed by atoms with E-state index < -0.39 is 0 Å². The van der Waals surface area contributed by atoms with Gasteiger partial charge in [0.15, 0.2) is 0 Å². The molecule has 0 heterocycles. The lowest BCUT2D eigenvalue weighted by atomic mass is 10.0. The lowest BCUT2D eigenvalue weighted by Gasteiger charge is -2.15. The highest BCUT2D eigenvalue weighted by molar-refractivity contribution is 5.75. The van der Waals surface area contributed by atoms with Gasteiger partial charge in [0, 0.05) is 13.6 Å². The van der Waals surface area contributed by atoms with Crippen molar-refractivity contribution in [3.63, 3.8) is 0 Å². The molecule has 5 heteroatoms. The number of nitro benzene ring substituents is 1. The average Bonchev–Trinajstić information content (AvgIpc) is 2.39. The van der Waals surface area contributed by atoms with Crippen LogP contribution in [0.1, 0.15) is 26.7 Å². The first-order chi connectivity index (χ1) is 8.63. The van der Waals surface area contributed by atoms with Crippen LogP contribution in [-0.2, 0) is 0 Å². The number of hydrogen-bond acceptors (Lipinski definition) is 4. The number of rotatable bonds is 7. The van der Waals surface area contributed by atoms with Crippen LogP contribution in [0.25, 0.3) is 0 Å². The minimum Gasteiger partial charge on any atom is -0.382 e. The largest absolute Gasteiger partial charge is 0.382 e. The Bertz CT molecular complexity index is 403. The normalized spacial score (nSPS) is 10.4. The Morgan fingerprint density at radius 3 is 2.39 bits per heavy atom. The molecule has 100 valence electrons. The van der Waals surface area contributed by atoms with Crippen LogP contribution in [0.2, 0.25) is 0 Å². The van der Waals surface area contributed by atoms with Crippen LogP contribution in [0.3, 0.4) is 0 Å². The second-order valence-corrected chi connectivity index (χ2v) is 4.27. The Balaban J connectivity index is 2.91. The van der Waals surface area contributed by atoms with Gasteiger partial charge in [-0.1, -0.05) is 32.8 Å². The number of para-hydroxylation sites is 1. The molecule has 0 aliphatic heterocycles. The summed E-state index contributed by atoms with van der Waals surface area (Å²) in [5, 5.41) is 17.2. The fourth-order valence-corrected chi connectivity index (χ4v) is 1.92. The lowest BCUT2D eigenvalue weighted by Crippen LogP contribution is -2.14. The number of nitrogens with zero attached hydrogens (tertiary/aromatic N) is 1. The molecular formula is C13H21N3O2. The molecule has 1 aromatic rings. The second kappa shape index (κ2) is 6.83. The third-order valence-corrected chi connectivity index (χ3v) is 3.22. The van der Waals surface area contributed by atoms with E-state index in [1.165, 1.54) is 0 Å². The number of hydrogen-bond donors (Lipinski definition) is 2. The van der Waals surface area contributed by atoms with E-state index in [-0.39, 0.29) is 10.6 Å². The average molecular weight is 251 g/mol. The summed E-state index contributed by atoms with van der Waals surface area (Å²) in [6.45, 7) is 5.03. The molecule has 0 bridgehead atoms. The maximum absolute atomic E-state index is 11.1. The van der Waals surface area contributed by atoms with Gasteiger partial charge in [-0.25, -0.2) is 0 Å². The van der Waals surface area contributed by atoms with Gasteiger partial charge in [0.2, 0.25) is 0 Å². The van der Waals surface area contributed by atoms with Crippen molar-refractivity contribution < 1.29 is 4.92 Å². The van der Waals surface area contributed by atoms with Gasteiger partial charge < -0.3 is 10.6 Å². The van der Waals surface area contributed by atoms with Crippen molar-refractivity contribution in [3.05, 3.63) is 28.3 Å². The summed E-state index contributed by atoms with van der Waals surface area (Å²) in [4.78, 5) is 10.8. The van der Waals surface area contributed by atoms with E-state index in [0.29, 0.717) is 17.3 Å². The summed E-state index contributed by atoms with van der Waals surface area (Å²) in [6, 6.07) is 5.27. The zero-order valence-electron chi connectivity index (χ0n) is 11.2. The van der Waals surface area contributed by atoms with Gasteiger partial charge in [0.1, 0.15) is 11.4 Å². The van der Waals surface area contributed by atoms with Crippen LogP contribution >= 0.6 is 0 Å². The molecule has 5 nitrogen and oxygen atoms in total. The molecule has 0 spiro atoms. The third kappa shape index (κ3) is 3.35. The maximum atomic E-state index is 11.1. The van der Waals surface area contributed by atoms with Crippen molar-refractivity contribution in [1.29, 1.82) is 0 Å². The Labute approximate surface area is 108 Å². The lowest BCUT2D eigenvalue weighted by molar-refractivity contribution is -0.383. The highest BCUT2D eigenvalue weighted by atomic mass is 16.6. The Morgan fingerprint density at radius 2 is 1.89 bits per heavy atom. The second-order valence-electron chi connectivity index (χ2n) is 4.27. The molecule has 0 radical (unpaired) electrons. The predicted molar refractivity (Wildman–Crippen MR) is 75.2 cm³/mol. The molecule has 0 unspecified atom stereocenters. The van der Waals surface area contributed by atoms with Crippen molar-refractivity contribution in [2.24, 2.45) is 5.92 Å². The van der Waals surface area contributed by atoms with E-state index in [1.54, 1.807) is 19.2 Å². The van der Waals surface area contributed by atoms with Crippen LogP contribution in [0, 0.1) is 16.0 Å². The molecule has 1 aromatic carbocycles. The predicted octanol–water partition coefficient (Wildman–Crippen LogP) is 3.48. The van der Waals surface area contributed by atoms with E-state index >= 15 is 0 Å². The Morgan fingerprint density at radius 1 is 1.28 bits per heavy atom. The maximum Gasteiger partial charge on any atom is 0.315 e. The van der Waals surface area contributed by atoms with Crippen molar-refractivity contribution >= 4 is 17.1 Å². The van der Waals surface area contributed by atoms with Crippen molar-refractivity contribution in [2.45, 2.75) is 26.7 Å². The summed E-state index contributed by atoms with van der Waals surface area (Å²) >= 11 is 0. The zero-order chi connectivity index (χ0) is 13.5. The molecule has 1 rings (SSSR count). The van der Waals surface area contributed by atoms with E-state index in [2.05, 4.69) is 24.5 Å². The van der Waals surface area contributed by atoms with Crippen molar-refractivity contribution in [2.75, 3.05) is 24.2 Å². The minimum absolute atomic E-state index is 0.117. The summed E-state index contributed by atoms with van der Waals surface area (Å²) < 4.78 is 0. The topological polar surface area (TPSA) is 67.2 Å². The van der Waals surface area contributed by atoms with Crippen LogP contribution in [-0.4, -0.2) is 18.5 Å². The van der Waals surface area contributed by atoms with Crippen molar-refractivity contribution in [1.82, 2.24) is 0 Å². The summed E-state index contributed by atoms with van der Waals surface area (Å²) in [6.07, 6.45) is 2.14. The summed E-state index contributed by atoms with van der Waals surface area (Å²) in [7, 11) is 1.69. The summed E-state index contributed by atoms with van der Waals surface area (Å²) in [5.41, 5.74) is 1.24. The highest BCUT2D eigenvalue weighted by Crippen LogP contribution is 2.32. The van der Waals surface area contributed by atoms with Crippen LogP contribution in [0.5, 0.6) is 0 Å². The number of benzene rings is 1. The first-order valence-corrected chi connectivity index (χ1v) is 6.33. The smallest absolute Gasteiger partial charge is 0.315 e. The zero-order valence-corrected chi connectivity index (χ0v) is 11.2. The molecule has 0 saturated heterocycles. The molecule has 0 atom stereocenters. The number of anilines is 2. The van der Waals surface area contributed by atoms with Gasteiger partial charge >= 0.3 is 5.69 Å². The first-order valence-electron chi connectivity index (χ1n) is 6.33. The van der Waals surface area contributed by atoms with Crippen LogP contribution in [0.15, 0.2) is 18.2 Å². The molecule has 0 saturated carbocycles. The molecule has 0 fully saturated rings. The molecule has 0 aliphatic rings. The Kier molecular flexibility index (Phi) is 5.42. The first kappa shape index (κ1) is 14.3. The van der Waals surface area contributed by atoms with Gasteiger partial charge in [-0.2, -0.15) is 0 Å². The van der Waals surface area contributed by atoms with Crippen molar-refractivity contribution in [3.8, 4) is 0 Å². The summed E-state index contributed by atoms with van der Waals surface area (Å²) in [5.74, 6) is 0.544. The minimum atomic E-state index is -0.346. The molecule has 0 amide bonds. The fourth-order valence-electron chi connectivity index (χ4n) is 1.92. The van der Waals surface area contributed by atoms with E-state index in [1.807, 2.05) is 6.07 Å². The fraction of sp³-hybridized carbons (Fsp3) is 0.538. The Hall–Kier alpha value is -1.78. The van der Waals surface area contributed by atoms with E-state index in [9.17, 15) is 10.1 Å². The molecule has 0 aromatic heterocycles. The number of nitro groups is 1. The van der Waals surface area contributed by atoms with Crippen LogP contribution < -0.4 is 10.6 Å². The molecule has 0 aliphatic carbocycles. The monoisotopic (exact) mass is 251 g/mol. The third-order valence-electron chi connectivity index (χ3n) is 3.22. The molecule has 2 N–H and O–H groups in total. The standard InChI is InChI=1S/C13H21N3O2/c1-4-10(5-2)9-15-12-8-6-7-11(14-3)13(12)16(17)18/h6-8,10,14-15H,4-5,9H2,1-3H3. The molecular weight excluding hydrogens is 230 g/mol.